The maximum atomic E-state index is 11.4. The predicted molar refractivity (Wildman–Crippen MR) is 79.4 cm³/mol. The molecule has 106 valence electrons. The molecule has 0 aromatic carbocycles. The van der Waals surface area contributed by atoms with Crippen LogP contribution in [-0.2, 0) is 11.3 Å². The molecule has 3 heterocycles. The van der Waals surface area contributed by atoms with Crippen molar-refractivity contribution in [3.05, 3.63) is 29.3 Å². The Hall–Kier alpha value is -1.66. The highest BCUT2D eigenvalue weighted by Crippen LogP contribution is 2.27. The van der Waals surface area contributed by atoms with Crippen LogP contribution in [0.3, 0.4) is 0 Å². The van der Waals surface area contributed by atoms with Crippen LogP contribution >= 0.6 is 11.3 Å². The molecule has 2 aromatic heterocycles. The van der Waals surface area contributed by atoms with Crippen LogP contribution in [0.5, 0.6) is 0 Å². The van der Waals surface area contributed by atoms with Crippen LogP contribution in [0.15, 0.2) is 24.4 Å². The fourth-order valence-corrected chi connectivity index (χ4v) is 3.39. The van der Waals surface area contributed by atoms with Gasteiger partial charge in [0.2, 0.25) is 5.91 Å². The first-order valence-corrected chi connectivity index (χ1v) is 7.63. The smallest absolute Gasteiger partial charge is 0.221 e. The van der Waals surface area contributed by atoms with E-state index >= 15 is 0 Å². The number of hydrogen-bond donors (Lipinski definition) is 2. The van der Waals surface area contributed by atoms with E-state index in [1.54, 1.807) is 17.5 Å². The summed E-state index contributed by atoms with van der Waals surface area (Å²) in [5, 5.41) is 9.92. The van der Waals surface area contributed by atoms with Gasteiger partial charge in [-0.25, -0.2) is 0 Å². The van der Waals surface area contributed by atoms with E-state index in [0.29, 0.717) is 12.5 Å². The van der Waals surface area contributed by atoms with Crippen molar-refractivity contribution in [3.63, 3.8) is 0 Å². The van der Waals surface area contributed by atoms with E-state index in [1.807, 2.05) is 6.07 Å². The number of H-pyrrole nitrogens is 1. The standard InChI is InChI=1S/C14H18N4OS/c1-10-8-15-14(19)5-7-18(10)9-11-2-3-13(20-11)12-4-6-16-17-12/h2-4,6,10H,5,7-9H2,1H3,(H,15,19)(H,16,17). The second kappa shape index (κ2) is 5.76. The molecule has 1 aliphatic heterocycles. The molecule has 1 aliphatic rings. The lowest BCUT2D eigenvalue weighted by molar-refractivity contribution is -0.120. The summed E-state index contributed by atoms with van der Waals surface area (Å²) in [5.74, 6) is 0.156. The number of nitrogens with one attached hydrogen (secondary N) is 2. The van der Waals surface area contributed by atoms with Crippen LogP contribution in [-0.4, -0.2) is 40.1 Å². The van der Waals surface area contributed by atoms with Crippen molar-refractivity contribution in [3.8, 4) is 10.6 Å². The van der Waals surface area contributed by atoms with Crippen LogP contribution < -0.4 is 5.32 Å². The van der Waals surface area contributed by atoms with Crippen molar-refractivity contribution < 1.29 is 4.79 Å². The van der Waals surface area contributed by atoms with Gasteiger partial charge in [-0.1, -0.05) is 0 Å². The fourth-order valence-electron chi connectivity index (χ4n) is 2.38. The second-order valence-corrected chi connectivity index (χ2v) is 6.28. The Labute approximate surface area is 122 Å². The van der Waals surface area contributed by atoms with Gasteiger partial charge in [-0.2, -0.15) is 5.10 Å². The monoisotopic (exact) mass is 290 g/mol. The average Bonchev–Trinajstić information content (AvgIpc) is 3.08. The number of amides is 1. The van der Waals surface area contributed by atoms with E-state index in [-0.39, 0.29) is 5.91 Å². The summed E-state index contributed by atoms with van der Waals surface area (Å²) in [4.78, 5) is 16.3. The number of thiophene rings is 1. The normalized spacial score (nSPS) is 20.6. The lowest BCUT2D eigenvalue weighted by atomic mass is 10.2. The molecule has 2 aromatic rings. The largest absolute Gasteiger partial charge is 0.355 e. The Balaban J connectivity index is 1.69. The molecule has 0 bridgehead atoms. The fraction of sp³-hybridized carbons (Fsp3) is 0.429. The minimum absolute atomic E-state index is 0.156. The van der Waals surface area contributed by atoms with Gasteiger partial charge in [0.25, 0.3) is 0 Å². The van der Waals surface area contributed by atoms with E-state index in [1.165, 1.54) is 9.75 Å². The lowest BCUT2D eigenvalue weighted by Crippen LogP contribution is -2.36. The zero-order chi connectivity index (χ0) is 13.9. The summed E-state index contributed by atoms with van der Waals surface area (Å²) >= 11 is 1.78. The molecule has 1 fully saturated rings. The van der Waals surface area contributed by atoms with Crippen molar-refractivity contribution in [2.45, 2.75) is 25.9 Å². The molecule has 1 unspecified atom stereocenters. The molecule has 2 N–H and O–H groups in total. The summed E-state index contributed by atoms with van der Waals surface area (Å²) in [6, 6.07) is 6.64. The van der Waals surface area contributed by atoms with E-state index < -0.39 is 0 Å². The van der Waals surface area contributed by atoms with Gasteiger partial charge in [0.05, 0.1) is 10.6 Å². The van der Waals surface area contributed by atoms with Crippen LogP contribution in [0.25, 0.3) is 10.6 Å². The molecular weight excluding hydrogens is 272 g/mol. The van der Waals surface area contributed by atoms with Gasteiger partial charge >= 0.3 is 0 Å². The topological polar surface area (TPSA) is 61.0 Å². The Bertz CT molecular complexity index is 578. The van der Waals surface area contributed by atoms with E-state index in [0.717, 1.165) is 25.3 Å². The molecule has 0 spiro atoms. The van der Waals surface area contributed by atoms with Gasteiger partial charge in [0, 0.05) is 43.2 Å². The lowest BCUT2D eigenvalue weighted by Gasteiger charge is -2.25. The first-order valence-electron chi connectivity index (χ1n) is 6.81. The van der Waals surface area contributed by atoms with Crippen molar-refractivity contribution in [1.29, 1.82) is 0 Å². The zero-order valence-electron chi connectivity index (χ0n) is 11.4. The molecular formula is C14H18N4OS. The third-order valence-electron chi connectivity index (χ3n) is 3.63. The highest BCUT2D eigenvalue weighted by Gasteiger charge is 2.20. The molecule has 6 heteroatoms. The number of aromatic nitrogens is 2. The Kier molecular flexibility index (Phi) is 3.84. The first-order chi connectivity index (χ1) is 9.72. The molecule has 20 heavy (non-hydrogen) atoms. The maximum Gasteiger partial charge on any atom is 0.221 e. The van der Waals surface area contributed by atoms with Crippen LogP contribution in [0.4, 0.5) is 0 Å². The highest BCUT2D eigenvalue weighted by molar-refractivity contribution is 7.15. The third kappa shape index (κ3) is 2.91. The molecule has 0 aliphatic carbocycles. The quantitative estimate of drug-likeness (QED) is 0.907. The number of carbonyl (C=O) groups is 1. The molecule has 1 atom stereocenters. The van der Waals surface area contributed by atoms with Crippen LogP contribution in [0, 0.1) is 0 Å². The summed E-state index contributed by atoms with van der Waals surface area (Å²) in [6.45, 7) is 4.62. The predicted octanol–water partition coefficient (Wildman–Crippen LogP) is 1.85. The molecule has 5 nitrogen and oxygen atoms in total. The molecule has 1 saturated heterocycles. The first kappa shape index (κ1) is 13.3. The number of rotatable bonds is 3. The third-order valence-corrected chi connectivity index (χ3v) is 4.73. The number of aromatic amines is 1. The number of hydrogen-bond acceptors (Lipinski definition) is 4. The summed E-state index contributed by atoms with van der Waals surface area (Å²) < 4.78 is 0. The minimum Gasteiger partial charge on any atom is -0.355 e. The van der Waals surface area contributed by atoms with Crippen molar-refractivity contribution >= 4 is 17.2 Å². The Morgan fingerprint density at radius 1 is 1.45 bits per heavy atom. The molecule has 0 saturated carbocycles. The molecule has 0 radical (unpaired) electrons. The average molecular weight is 290 g/mol. The van der Waals surface area contributed by atoms with E-state index in [2.05, 4.69) is 39.5 Å². The minimum atomic E-state index is 0.156. The van der Waals surface area contributed by atoms with Crippen molar-refractivity contribution in [1.82, 2.24) is 20.4 Å². The van der Waals surface area contributed by atoms with Crippen molar-refractivity contribution in [2.75, 3.05) is 13.1 Å². The van der Waals surface area contributed by atoms with E-state index in [9.17, 15) is 4.79 Å². The summed E-state index contributed by atoms with van der Waals surface area (Å²) in [7, 11) is 0. The van der Waals surface area contributed by atoms with Gasteiger partial charge in [0.15, 0.2) is 0 Å². The van der Waals surface area contributed by atoms with Gasteiger partial charge in [-0.05, 0) is 25.1 Å². The summed E-state index contributed by atoms with van der Waals surface area (Å²) in [5.41, 5.74) is 1.06. The maximum absolute atomic E-state index is 11.4. The van der Waals surface area contributed by atoms with Crippen molar-refractivity contribution in [2.24, 2.45) is 0 Å². The number of nitrogens with zero attached hydrogens (tertiary/aromatic N) is 2. The van der Waals surface area contributed by atoms with Gasteiger partial charge < -0.3 is 5.32 Å². The van der Waals surface area contributed by atoms with E-state index in [4.69, 9.17) is 0 Å². The zero-order valence-corrected chi connectivity index (χ0v) is 12.2. The highest BCUT2D eigenvalue weighted by atomic mass is 32.1. The SMILES string of the molecule is CC1CNC(=O)CCN1Cc1ccc(-c2ccn[nH]2)s1. The molecule has 3 rings (SSSR count). The van der Waals surface area contributed by atoms with Crippen LogP contribution in [0.2, 0.25) is 0 Å². The van der Waals surface area contributed by atoms with Gasteiger partial charge in [-0.3, -0.25) is 14.8 Å². The van der Waals surface area contributed by atoms with Crippen LogP contribution in [0.1, 0.15) is 18.2 Å². The van der Waals surface area contributed by atoms with Gasteiger partial charge in [0.1, 0.15) is 0 Å². The summed E-state index contributed by atoms with van der Waals surface area (Å²) in [6.07, 6.45) is 2.35. The second-order valence-electron chi connectivity index (χ2n) is 5.11. The Morgan fingerprint density at radius 3 is 3.15 bits per heavy atom. The Morgan fingerprint density at radius 2 is 2.35 bits per heavy atom. The molecule has 1 amide bonds. The van der Waals surface area contributed by atoms with Gasteiger partial charge in [-0.15, -0.1) is 11.3 Å². The number of carbonyl (C=O) groups excluding carboxylic acids is 1.